The van der Waals surface area contributed by atoms with Crippen molar-refractivity contribution < 1.29 is 10.2 Å². The zero-order valence-electron chi connectivity index (χ0n) is 14.8. The maximum absolute atomic E-state index is 8.88. The molecule has 0 fully saturated rings. The molecule has 0 aliphatic heterocycles. The lowest BCUT2D eigenvalue weighted by molar-refractivity contribution is 0.299. The van der Waals surface area contributed by atoms with Crippen molar-refractivity contribution in [3.05, 3.63) is 96.1 Å². The van der Waals surface area contributed by atoms with E-state index in [0.717, 1.165) is 12.8 Å². The minimum atomic E-state index is 0.216. The van der Waals surface area contributed by atoms with Crippen molar-refractivity contribution in [3.63, 3.8) is 0 Å². The minimum Gasteiger partial charge on any atom is -0.396 e. The molecule has 4 aromatic rings. The summed E-state index contributed by atoms with van der Waals surface area (Å²) in [6, 6.07) is 28.9. The predicted molar refractivity (Wildman–Crippen MR) is 109 cm³/mol. The Labute approximate surface area is 154 Å². The minimum absolute atomic E-state index is 0.216. The van der Waals surface area contributed by atoms with Gasteiger partial charge in [0.2, 0.25) is 0 Å². The van der Waals surface area contributed by atoms with Crippen molar-refractivity contribution in [3.8, 4) is 0 Å². The fourth-order valence-electron chi connectivity index (χ4n) is 3.26. The number of benzene rings is 4. The number of fused-ring (bicyclic) bond motifs is 2. The Morgan fingerprint density at radius 2 is 0.846 bits per heavy atom. The van der Waals surface area contributed by atoms with Gasteiger partial charge in [0.15, 0.2) is 0 Å². The molecule has 0 aliphatic carbocycles. The average Bonchev–Trinajstić information content (AvgIpc) is 2.70. The molecule has 0 aliphatic rings. The maximum atomic E-state index is 8.88. The molecular formula is C24H24O2. The molecular weight excluding hydrogens is 320 g/mol. The molecule has 2 N–H and O–H groups in total. The van der Waals surface area contributed by atoms with Gasteiger partial charge in [0, 0.05) is 13.2 Å². The van der Waals surface area contributed by atoms with Gasteiger partial charge in [0.1, 0.15) is 0 Å². The van der Waals surface area contributed by atoms with Gasteiger partial charge in [-0.2, -0.15) is 0 Å². The van der Waals surface area contributed by atoms with Crippen LogP contribution in [0.25, 0.3) is 21.5 Å². The second-order valence-corrected chi connectivity index (χ2v) is 6.22. The zero-order chi connectivity index (χ0) is 18.2. The van der Waals surface area contributed by atoms with Crippen molar-refractivity contribution in [2.75, 3.05) is 13.2 Å². The molecule has 4 rings (SSSR count). The lowest BCUT2D eigenvalue weighted by atomic mass is 10.0. The standard InChI is InChI=1S/2C12H12O/c2*13-9-8-11-6-3-5-10-4-1-2-7-12(10)11/h2*1-7,13H,8-9H2. The van der Waals surface area contributed by atoms with Crippen molar-refractivity contribution >= 4 is 21.5 Å². The van der Waals surface area contributed by atoms with Crippen LogP contribution >= 0.6 is 0 Å². The molecule has 0 spiro atoms. The molecule has 0 atom stereocenters. The van der Waals surface area contributed by atoms with Crippen LogP contribution in [0.2, 0.25) is 0 Å². The number of aliphatic hydroxyl groups excluding tert-OH is 2. The van der Waals surface area contributed by atoms with Gasteiger partial charge in [0.25, 0.3) is 0 Å². The molecule has 0 aromatic heterocycles. The van der Waals surface area contributed by atoms with E-state index in [0.29, 0.717) is 0 Å². The molecule has 4 aromatic carbocycles. The van der Waals surface area contributed by atoms with Crippen LogP contribution in [-0.2, 0) is 12.8 Å². The quantitative estimate of drug-likeness (QED) is 0.561. The third-order valence-electron chi connectivity index (χ3n) is 4.52. The SMILES string of the molecule is OCCc1cccc2ccccc12.OCCc1cccc2ccccc12. The largest absolute Gasteiger partial charge is 0.396 e. The summed E-state index contributed by atoms with van der Waals surface area (Å²) in [5.74, 6) is 0. The Balaban J connectivity index is 0.000000151. The van der Waals surface area contributed by atoms with E-state index in [1.807, 2.05) is 36.4 Å². The number of aliphatic hydroxyl groups is 2. The average molecular weight is 344 g/mol. The Hall–Kier alpha value is -2.68. The van der Waals surface area contributed by atoms with Crippen LogP contribution in [0.3, 0.4) is 0 Å². The Kier molecular flexibility index (Phi) is 6.37. The first kappa shape index (κ1) is 18.1. The molecule has 0 radical (unpaired) electrons. The monoisotopic (exact) mass is 344 g/mol. The summed E-state index contributed by atoms with van der Waals surface area (Å²) in [5, 5.41) is 22.7. The number of rotatable bonds is 4. The molecule has 0 amide bonds. The predicted octanol–water partition coefficient (Wildman–Crippen LogP) is 4.75. The highest BCUT2D eigenvalue weighted by Gasteiger charge is 1.98. The second-order valence-electron chi connectivity index (χ2n) is 6.22. The molecule has 2 nitrogen and oxygen atoms in total. The summed E-state index contributed by atoms with van der Waals surface area (Å²) in [6.45, 7) is 0.433. The topological polar surface area (TPSA) is 40.5 Å². The van der Waals surface area contributed by atoms with E-state index in [-0.39, 0.29) is 13.2 Å². The molecule has 0 saturated heterocycles. The highest BCUT2D eigenvalue weighted by molar-refractivity contribution is 5.86. The van der Waals surface area contributed by atoms with Crippen LogP contribution in [-0.4, -0.2) is 23.4 Å². The Morgan fingerprint density at radius 3 is 1.27 bits per heavy atom. The molecule has 0 saturated carbocycles. The van der Waals surface area contributed by atoms with Crippen LogP contribution in [0.15, 0.2) is 84.9 Å². The van der Waals surface area contributed by atoms with E-state index in [1.165, 1.54) is 32.7 Å². The van der Waals surface area contributed by atoms with Crippen LogP contribution < -0.4 is 0 Å². The summed E-state index contributed by atoms with van der Waals surface area (Å²) in [7, 11) is 0. The second kappa shape index (κ2) is 9.14. The van der Waals surface area contributed by atoms with Gasteiger partial charge < -0.3 is 10.2 Å². The van der Waals surface area contributed by atoms with E-state index < -0.39 is 0 Å². The van der Waals surface area contributed by atoms with Gasteiger partial charge in [-0.3, -0.25) is 0 Å². The first-order chi connectivity index (χ1) is 12.8. The van der Waals surface area contributed by atoms with Gasteiger partial charge in [-0.05, 0) is 45.5 Å². The Morgan fingerprint density at radius 1 is 0.462 bits per heavy atom. The lowest BCUT2D eigenvalue weighted by Gasteiger charge is -2.03. The van der Waals surface area contributed by atoms with E-state index in [1.54, 1.807) is 0 Å². The third kappa shape index (κ3) is 4.29. The van der Waals surface area contributed by atoms with Crippen molar-refractivity contribution in [2.45, 2.75) is 12.8 Å². The summed E-state index contributed by atoms with van der Waals surface area (Å²) in [5.41, 5.74) is 2.45. The van der Waals surface area contributed by atoms with Crippen molar-refractivity contribution in [2.24, 2.45) is 0 Å². The van der Waals surface area contributed by atoms with Crippen LogP contribution in [0.1, 0.15) is 11.1 Å². The van der Waals surface area contributed by atoms with Crippen LogP contribution in [0.4, 0.5) is 0 Å². The fraction of sp³-hybridized carbons (Fsp3) is 0.167. The van der Waals surface area contributed by atoms with Gasteiger partial charge in [0.05, 0.1) is 0 Å². The van der Waals surface area contributed by atoms with Crippen LogP contribution in [0, 0.1) is 0 Å². The lowest BCUT2D eigenvalue weighted by Crippen LogP contribution is -1.91. The molecule has 2 heteroatoms. The van der Waals surface area contributed by atoms with Gasteiger partial charge in [-0.25, -0.2) is 0 Å². The van der Waals surface area contributed by atoms with Gasteiger partial charge in [-0.1, -0.05) is 84.9 Å². The highest BCUT2D eigenvalue weighted by atomic mass is 16.3. The zero-order valence-corrected chi connectivity index (χ0v) is 14.8. The fourth-order valence-corrected chi connectivity index (χ4v) is 3.26. The van der Waals surface area contributed by atoms with E-state index >= 15 is 0 Å². The summed E-state index contributed by atoms with van der Waals surface area (Å²) >= 11 is 0. The summed E-state index contributed by atoms with van der Waals surface area (Å²) in [6.07, 6.45) is 1.47. The molecule has 26 heavy (non-hydrogen) atoms. The summed E-state index contributed by atoms with van der Waals surface area (Å²) < 4.78 is 0. The number of hydrogen-bond acceptors (Lipinski definition) is 2. The smallest absolute Gasteiger partial charge is 0.0471 e. The first-order valence-corrected chi connectivity index (χ1v) is 8.98. The van der Waals surface area contributed by atoms with Crippen molar-refractivity contribution in [1.29, 1.82) is 0 Å². The van der Waals surface area contributed by atoms with Gasteiger partial charge >= 0.3 is 0 Å². The van der Waals surface area contributed by atoms with Crippen molar-refractivity contribution in [1.82, 2.24) is 0 Å². The molecule has 0 unspecified atom stereocenters. The number of hydrogen-bond donors (Lipinski definition) is 2. The van der Waals surface area contributed by atoms with E-state index in [4.69, 9.17) is 10.2 Å². The molecule has 132 valence electrons. The highest BCUT2D eigenvalue weighted by Crippen LogP contribution is 2.19. The normalized spacial score (nSPS) is 10.5. The third-order valence-corrected chi connectivity index (χ3v) is 4.52. The van der Waals surface area contributed by atoms with E-state index in [2.05, 4.69) is 48.5 Å². The van der Waals surface area contributed by atoms with E-state index in [9.17, 15) is 0 Å². The Bertz CT molecular complexity index is 884. The van der Waals surface area contributed by atoms with Gasteiger partial charge in [-0.15, -0.1) is 0 Å². The first-order valence-electron chi connectivity index (χ1n) is 8.98. The summed E-state index contributed by atoms with van der Waals surface area (Å²) in [4.78, 5) is 0. The van der Waals surface area contributed by atoms with Crippen LogP contribution in [0.5, 0.6) is 0 Å². The molecule has 0 heterocycles. The maximum Gasteiger partial charge on any atom is 0.0471 e. The molecule has 0 bridgehead atoms.